The van der Waals surface area contributed by atoms with Crippen molar-refractivity contribution in [1.29, 1.82) is 0 Å². The smallest absolute Gasteiger partial charge is 0.326 e. The quantitative estimate of drug-likeness (QED) is 0.143. The fourth-order valence-electron chi connectivity index (χ4n) is 3.42. The van der Waals surface area contributed by atoms with Crippen molar-refractivity contribution in [3.05, 3.63) is 65.7 Å². The van der Waals surface area contributed by atoms with Gasteiger partial charge in [0, 0.05) is 18.6 Å². The van der Waals surface area contributed by atoms with E-state index in [1.807, 2.05) is 0 Å². The van der Waals surface area contributed by atoms with Crippen LogP contribution in [0.2, 0.25) is 0 Å². The molecule has 0 aliphatic rings. The second kappa shape index (κ2) is 14.6. The first-order chi connectivity index (χ1) is 18.0. The zero-order valence-electron chi connectivity index (χ0n) is 20.2. The van der Waals surface area contributed by atoms with Gasteiger partial charge in [0.05, 0.1) is 12.5 Å². The van der Waals surface area contributed by atoms with E-state index in [0.717, 1.165) is 0 Å². The zero-order chi connectivity index (χ0) is 28.2. The van der Waals surface area contributed by atoms with Crippen LogP contribution in [-0.2, 0) is 36.8 Å². The first kappa shape index (κ1) is 30.1. The van der Waals surface area contributed by atoms with Gasteiger partial charge in [0.15, 0.2) is 0 Å². The lowest BCUT2D eigenvalue weighted by Gasteiger charge is -2.25. The number of carbonyl (C=O) groups excluding carboxylic acids is 3. The SMILES string of the molecule is NC(CS)C(=O)NC(CC(=O)O)C(=O)NC(Cc1ccccc1)C(=O)NC(Cc1ccc(O)cc1)C(=O)O. The van der Waals surface area contributed by atoms with Crippen molar-refractivity contribution < 1.29 is 39.3 Å². The van der Waals surface area contributed by atoms with E-state index in [0.29, 0.717) is 11.1 Å². The number of amides is 3. The number of phenols is 1. The van der Waals surface area contributed by atoms with Crippen LogP contribution in [-0.4, -0.2) is 74.9 Å². The molecule has 0 spiro atoms. The lowest BCUT2D eigenvalue weighted by molar-refractivity contribution is -0.143. The number of thiol groups is 1. The van der Waals surface area contributed by atoms with Gasteiger partial charge < -0.3 is 37.0 Å². The Morgan fingerprint density at radius 3 is 1.79 bits per heavy atom. The summed E-state index contributed by atoms with van der Waals surface area (Å²) in [6, 6.07) is 9.01. The zero-order valence-corrected chi connectivity index (χ0v) is 21.1. The summed E-state index contributed by atoms with van der Waals surface area (Å²) in [5, 5.41) is 35.4. The van der Waals surface area contributed by atoms with E-state index in [-0.39, 0.29) is 24.3 Å². The third-order valence-electron chi connectivity index (χ3n) is 5.45. The van der Waals surface area contributed by atoms with Crippen molar-refractivity contribution in [3.63, 3.8) is 0 Å². The van der Waals surface area contributed by atoms with E-state index in [4.69, 9.17) is 5.73 Å². The maximum Gasteiger partial charge on any atom is 0.326 e. The maximum absolute atomic E-state index is 13.2. The first-order valence-corrected chi connectivity index (χ1v) is 12.2. The summed E-state index contributed by atoms with van der Waals surface area (Å²) in [7, 11) is 0. The number of hydrogen-bond donors (Lipinski definition) is 8. The second-order valence-electron chi connectivity index (χ2n) is 8.47. The van der Waals surface area contributed by atoms with Gasteiger partial charge in [-0.3, -0.25) is 19.2 Å². The molecule has 204 valence electrons. The Hall–Kier alpha value is -4.10. The standard InChI is InChI=1S/C25H30N4O8S/c26-17(13-38)22(33)27-19(12-21(31)32)24(35)28-18(10-14-4-2-1-3-5-14)23(34)29-20(25(36)37)11-15-6-8-16(30)9-7-15/h1-9,17-20,30,38H,10-13,26H2,(H,27,33)(H,28,35)(H,29,34)(H,31,32)(H,36,37). The molecule has 0 saturated carbocycles. The van der Waals surface area contributed by atoms with Crippen LogP contribution in [0, 0.1) is 0 Å². The van der Waals surface area contributed by atoms with Crippen LogP contribution in [0.3, 0.4) is 0 Å². The summed E-state index contributed by atoms with van der Waals surface area (Å²) in [6.07, 6.45) is -0.935. The number of nitrogens with two attached hydrogens (primary N) is 1. The fourth-order valence-corrected chi connectivity index (χ4v) is 3.58. The van der Waals surface area contributed by atoms with Gasteiger partial charge in [0.2, 0.25) is 17.7 Å². The number of carboxylic acids is 2. The van der Waals surface area contributed by atoms with Crippen LogP contribution in [0.1, 0.15) is 17.5 Å². The number of benzene rings is 2. The molecule has 3 amide bonds. The van der Waals surface area contributed by atoms with Crippen LogP contribution >= 0.6 is 12.6 Å². The minimum absolute atomic E-state index is 0.00590. The van der Waals surface area contributed by atoms with Gasteiger partial charge in [-0.25, -0.2) is 4.79 Å². The molecule has 2 aromatic rings. The number of carbonyl (C=O) groups is 5. The van der Waals surface area contributed by atoms with E-state index >= 15 is 0 Å². The average molecular weight is 547 g/mol. The van der Waals surface area contributed by atoms with Crippen molar-refractivity contribution in [2.75, 3.05) is 5.75 Å². The van der Waals surface area contributed by atoms with E-state index < -0.39 is 60.2 Å². The predicted molar refractivity (Wildman–Crippen MR) is 139 cm³/mol. The summed E-state index contributed by atoms with van der Waals surface area (Å²) in [5.41, 5.74) is 6.77. The molecule has 4 atom stereocenters. The molecule has 38 heavy (non-hydrogen) atoms. The van der Waals surface area contributed by atoms with Crippen LogP contribution in [0.4, 0.5) is 0 Å². The molecule has 0 aromatic heterocycles. The molecule has 12 nitrogen and oxygen atoms in total. The molecule has 0 radical (unpaired) electrons. The molecule has 2 aromatic carbocycles. The Labute approximate surface area is 224 Å². The highest BCUT2D eigenvalue weighted by Gasteiger charge is 2.31. The highest BCUT2D eigenvalue weighted by atomic mass is 32.1. The van der Waals surface area contributed by atoms with E-state index in [2.05, 4.69) is 28.6 Å². The fraction of sp³-hybridized carbons (Fsp3) is 0.320. The average Bonchev–Trinajstić information content (AvgIpc) is 2.88. The van der Waals surface area contributed by atoms with Gasteiger partial charge in [-0.15, -0.1) is 0 Å². The van der Waals surface area contributed by atoms with Crippen LogP contribution in [0.25, 0.3) is 0 Å². The lowest BCUT2D eigenvalue weighted by Crippen LogP contribution is -2.58. The monoisotopic (exact) mass is 546 g/mol. The highest BCUT2D eigenvalue weighted by molar-refractivity contribution is 7.80. The number of phenolic OH excluding ortho intramolecular Hbond substituents is 1. The number of aromatic hydroxyl groups is 1. The Morgan fingerprint density at radius 1 is 0.737 bits per heavy atom. The highest BCUT2D eigenvalue weighted by Crippen LogP contribution is 2.12. The number of aliphatic carboxylic acids is 2. The van der Waals surface area contributed by atoms with E-state index in [1.165, 1.54) is 24.3 Å². The molecule has 2 rings (SSSR count). The molecular formula is C25H30N4O8S. The molecule has 0 saturated heterocycles. The van der Waals surface area contributed by atoms with E-state index in [9.17, 15) is 39.3 Å². The Balaban J connectivity index is 2.25. The van der Waals surface area contributed by atoms with Crippen molar-refractivity contribution in [2.24, 2.45) is 5.73 Å². The van der Waals surface area contributed by atoms with Gasteiger partial charge >= 0.3 is 11.9 Å². The third-order valence-corrected chi connectivity index (χ3v) is 5.84. The molecule has 0 heterocycles. The predicted octanol–water partition coefficient (Wildman–Crippen LogP) is -0.552. The lowest BCUT2D eigenvalue weighted by atomic mass is 10.0. The molecule has 13 heteroatoms. The van der Waals surface area contributed by atoms with Gasteiger partial charge in [-0.05, 0) is 23.3 Å². The molecule has 4 unspecified atom stereocenters. The van der Waals surface area contributed by atoms with Crippen molar-refractivity contribution in [1.82, 2.24) is 16.0 Å². The number of nitrogens with one attached hydrogen (secondary N) is 3. The topological polar surface area (TPSA) is 208 Å². The normalized spacial score (nSPS) is 13.8. The Morgan fingerprint density at radius 2 is 1.24 bits per heavy atom. The molecule has 0 aliphatic heterocycles. The number of carboxylic acid groups (broad SMARTS) is 2. The summed E-state index contributed by atoms with van der Waals surface area (Å²) in [6.45, 7) is 0. The number of hydrogen-bond acceptors (Lipinski definition) is 8. The Bertz CT molecular complexity index is 1130. The summed E-state index contributed by atoms with van der Waals surface area (Å²) < 4.78 is 0. The van der Waals surface area contributed by atoms with Crippen LogP contribution in [0.5, 0.6) is 5.75 Å². The van der Waals surface area contributed by atoms with Crippen molar-refractivity contribution in [3.8, 4) is 5.75 Å². The molecule has 0 fully saturated rings. The van der Waals surface area contributed by atoms with Crippen molar-refractivity contribution >= 4 is 42.3 Å². The summed E-state index contributed by atoms with van der Waals surface area (Å²) in [5.74, 6) is -5.36. The maximum atomic E-state index is 13.2. The molecule has 8 N–H and O–H groups in total. The largest absolute Gasteiger partial charge is 0.508 e. The third kappa shape index (κ3) is 9.75. The van der Waals surface area contributed by atoms with E-state index in [1.54, 1.807) is 30.3 Å². The summed E-state index contributed by atoms with van der Waals surface area (Å²) >= 11 is 3.91. The minimum Gasteiger partial charge on any atom is -0.508 e. The van der Waals surface area contributed by atoms with Gasteiger partial charge in [-0.1, -0.05) is 42.5 Å². The summed E-state index contributed by atoms with van der Waals surface area (Å²) in [4.78, 5) is 61.6. The Kier molecular flexibility index (Phi) is 11.6. The van der Waals surface area contributed by atoms with Crippen LogP contribution < -0.4 is 21.7 Å². The second-order valence-corrected chi connectivity index (χ2v) is 8.83. The van der Waals surface area contributed by atoms with Gasteiger partial charge in [0.25, 0.3) is 0 Å². The first-order valence-electron chi connectivity index (χ1n) is 11.5. The van der Waals surface area contributed by atoms with Gasteiger partial charge in [-0.2, -0.15) is 12.6 Å². The number of rotatable bonds is 14. The molecular weight excluding hydrogens is 516 g/mol. The van der Waals surface area contributed by atoms with Crippen LogP contribution in [0.15, 0.2) is 54.6 Å². The van der Waals surface area contributed by atoms with Crippen molar-refractivity contribution in [2.45, 2.75) is 43.4 Å². The minimum atomic E-state index is -1.55. The molecule has 0 bridgehead atoms. The van der Waals surface area contributed by atoms with Gasteiger partial charge in [0.1, 0.15) is 23.9 Å². The molecule has 0 aliphatic carbocycles.